The van der Waals surface area contributed by atoms with E-state index in [1.807, 2.05) is 18.7 Å². The largest absolute Gasteiger partial charge is 0.389 e. The number of aliphatic hydroxyl groups excluding tert-OH is 2. The Hall–Kier alpha value is -1.40. The van der Waals surface area contributed by atoms with E-state index >= 15 is 0 Å². The Kier molecular flexibility index (Phi) is 3.44. The van der Waals surface area contributed by atoms with E-state index in [0.717, 1.165) is 17.9 Å². The van der Waals surface area contributed by atoms with Crippen LogP contribution in [0.3, 0.4) is 0 Å². The van der Waals surface area contributed by atoms with Gasteiger partial charge in [-0.25, -0.2) is 4.98 Å². The van der Waals surface area contributed by atoms with E-state index in [0.29, 0.717) is 19.0 Å². The second-order valence-corrected chi connectivity index (χ2v) is 4.27. The number of β-amino-alcohol motifs (C(OH)–C–C–N with tert-alkyl or cyclic N) is 2. The quantitative estimate of drug-likeness (QED) is 0.674. The van der Waals surface area contributed by atoms with Crippen LogP contribution in [0, 0.1) is 6.92 Å². The molecule has 0 saturated carbocycles. The van der Waals surface area contributed by atoms with Gasteiger partial charge in [-0.05, 0) is 13.8 Å². The van der Waals surface area contributed by atoms with Crippen molar-refractivity contribution in [3.05, 3.63) is 11.8 Å². The van der Waals surface area contributed by atoms with Crippen LogP contribution in [0.1, 0.15) is 12.5 Å². The van der Waals surface area contributed by atoms with Gasteiger partial charge in [-0.3, -0.25) is 0 Å². The van der Waals surface area contributed by atoms with Gasteiger partial charge < -0.3 is 20.4 Å². The highest BCUT2D eigenvalue weighted by atomic mass is 16.3. The number of hydrogen-bond donors (Lipinski definition) is 3. The minimum Gasteiger partial charge on any atom is -0.389 e. The second kappa shape index (κ2) is 4.85. The molecule has 2 heterocycles. The van der Waals surface area contributed by atoms with E-state index in [9.17, 15) is 10.2 Å². The summed E-state index contributed by atoms with van der Waals surface area (Å²) in [4.78, 5) is 10.4. The van der Waals surface area contributed by atoms with Crippen molar-refractivity contribution in [3.8, 4) is 0 Å². The lowest BCUT2D eigenvalue weighted by Crippen LogP contribution is -2.23. The third-order valence-corrected chi connectivity index (χ3v) is 2.84. The summed E-state index contributed by atoms with van der Waals surface area (Å²) in [5, 5.41) is 22.1. The van der Waals surface area contributed by atoms with Gasteiger partial charge in [0.05, 0.1) is 12.2 Å². The van der Waals surface area contributed by atoms with Crippen molar-refractivity contribution in [1.29, 1.82) is 0 Å². The summed E-state index contributed by atoms with van der Waals surface area (Å²) in [6.45, 7) is 5.47. The van der Waals surface area contributed by atoms with E-state index in [1.165, 1.54) is 0 Å². The highest BCUT2D eigenvalue weighted by Gasteiger charge is 2.31. The molecule has 0 spiro atoms. The molecule has 6 heteroatoms. The van der Waals surface area contributed by atoms with Crippen molar-refractivity contribution in [2.24, 2.45) is 0 Å². The third kappa shape index (κ3) is 2.48. The molecule has 1 fully saturated rings. The van der Waals surface area contributed by atoms with Gasteiger partial charge in [-0.1, -0.05) is 0 Å². The van der Waals surface area contributed by atoms with Gasteiger partial charge in [0.1, 0.15) is 5.82 Å². The summed E-state index contributed by atoms with van der Waals surface area (Å²) >= 11 is 0. The van der Waals surface area contributed by atoms with Crippen molar-refractivity contribution < 1.29 is 10.2 Å². The summed E-state index contributed by atoms with van der Waals surface area (Å²) in [6, 6.07) is 0. The fourth-order valence-corrected chi connectivity index (χ4v) is 1.94. The van der Waals surface area contributed by atoms with E-state index in [-0.39, 0.29) is 0 Å². The number of anilines is 2. The fourth-order valence-electron chi connectivity index (χ4n) is 1.94. The zero-order valence-electron chi connectivity index (χ0n) is 10.1. The lowest BCUT2D eigenvalue weighted by atomic mass is 10.3. The molecule has 1 aliphatic rings. The minimum absolute atomic E-state index is 0.407. The summed E-state index contributed by atoms with van der Waals surface area (Å²) in [7, 11) is 0. The maximum absolute atomic E-state index is 9.54. The van der Waals surface area contributed by atoms with Crippen molar-refractivity contribution in [1.82, 2.24) is 9.97 Å². The van der Waals surface area contributed by atoms with Gasteiger partial charge >= 0.3 is 0 Å². The SMILES string of the molecule is CCNc1ncc(C)c(N2CC(O)C(O)C2)n1. The number of aliphatic hydroxyl groups is 2. The van der Waals surface area contributed by atoms with Gasteiger partial charge in [-0.15, -0.1) is 0 Å². The molecule has 0 amide bonds. The van der Waals surface area contributed by atoms with Crippen LogP contribution in [0.2, 0.25) is 0 Å². The molecule has 0 bridgehead atoms. The molecule has 6 nitrogen and oxygen atoms in total. The molecule has 17 heavy (non-hydrogen) atoms. The number of rotatable bonds is 3. The first-order chi connectivity index (χ1) is 8.11. The third-order valence-electron chi connectivity index (χ3n) is 2.84. The molecule has 0 radical (unpaired) electrons. The molecule has 2 atom stereocenters. The molecule has 0 aromatic carbocycles. The van der Waals surface area contributed by atoms with Crippen molar-refractivity contribution in [3.63, 3.8) is 0 Å². The van der Waals surface area contributed by atoms with Crippen LogP contribution >= 0.6 is 0 Å². The van der Waals surface area contributed by atoms with Crippen LogP contribution in [-0.2, 0) is 0 Å². The van der Waals surface area contributed by atoms with Crippen molar-refractivity contribution >= 4 is 11.8 Å². The molecule has 2 unspecified atom stereocenters. The summed E-state index contributed by atoms with van der Waals surface area (Å²) in [6.07, 6.45) is 0.344. The zero-order chi connectivity index (χ0) is 12.4. The number of aromatic nitrogens is 2. The molecular weight excluding hydrogens is 220 g/mol. The first-order valence-electron chi connectivity index (χ1n) is 5.80. The summed E-state index contributed by atoms with van der Waals surface area (Å²) < 4.78 is 0. The average Bonchev–Trinajstić information content (AvgIpc) is 2.62. The van der Waals surface area contributed by atoms with Crippen LogP contribution in [0.4, 0.5) is 11.8 Å². The second-order valence-electron chi connectivity index (χ2n) is 4.27. The minimum atomic E-state index is -0.702. The van der Waals surface area contributed by atoms with Gasteiger partial charge in [0.25, 0.3) is 0 Å². The molecule has 3 N–H and O–H groups in total. The standard InChI is InChI=1S/C11H18N4O2/c1-3-12-11-13-4-7(2)10(14-11)15-5-8(16)9(17)6-15/h4,8-9,16-17H,3,5-6H2,1-2H3,(H,12,13,14). The smallest absolute Gasteiger partial charge is 0.224 e. The predicted molar refractivity (Wildman–Crippen MR) is 65.2 cm³/mol. The number of nitrogens with zero attached hydrogens (tertiary/aromatic N) is 3. The highest BCUT2D eigenvalue weighted by Crippen LogP contribution is 2.22. The highest BCUT2D eigenvalue weighted by molar-refractivity contribution is 5.50. The molecule has 1 saturated heterocycles. The van der Waals surface area contributed by atoms with E-state index in [1.54, 1.807) is 6.20 Å². The van der Waals surface area contributed by atoms with Gasteiger partial charge in [-0.2, -0.15) is 4.98 Å². The van der Waals surface area contributed by atoms with Crippen LogP contribution in [0.5, 0.6) is 0 Å². The first-order valence-corrected chi connectivity index (χ1v) is 5.80. The predicted octanol–water partition coefficient (Wildman–Crippen LogP) is -0.241. The van der Waals surface area contributed by atoms with Crippen LogP contribution < -0.4 is 10.2 Å². The summed E-state index contributed by atoms with van der Waals surface area (Å²) in [5.41, 5.74) is 0.938. The Morgan fingerprint density at radius 3 is 2.65 bits per heavy atom. The Morgan fingerprint density at radius 2 is 2.06 bits per heavy atom. The Labute approximate surface area is 100 Å². The molecule has 1 aromatic heterocycles. The van der Waals surface area contributed by atoms with E-state index in [4.69, 9.17) is 0 Å². The lowest BCUT2D eigenvalue weighted by Gasteiger charge is -2.19. The molecular formula is C11H18N4O2. The molecule has 1 aliphatic heterocycles. The zero-order valence-corrected chi connectivity index (χ0v) is 10.1. The number of hydrogen-bond acceptors (Lipinski definition) is 6. The average molecular weight is 238 g/mol. The Morgan fingerprint density at radius 1 is 1.41 bits per heavy atom. The topological polar surface area (TPSA) is 81.5 Å². The van der Waals surface area contributed by atoms with Crippen LogP contribution in [0.25, 0.3) is 0 Å². The lowest BCUT2D eigenvalue weighted by molar-refractivity contribution is 0.0572. The summed E-state index contributed by atoms with van der Waals surface area (Å²) in [5.74, 6) is 1.34. The van der Waals surface area contributed by atoms with E-state index in [2.05, 4.69) is 15.3 Å². The molecule has 2 rings (SSSR count). The monoisotopic (exact) mass is 238 g/mol. The maximum Gasteiger partial charge on any atom is 0.224 e. The Bertz CT molecular complexity index is 389. The van der Waals surface area contributed by atoms with Crippen LogP contribution in [-0.4, -0.2) is 52.0 Å². The van der Waals surface area contributed by atoms with Gasteiger partial charge in [0, 0.05) is 31.4 Å². The van der Waals surface area contributed by atoms with Gasteiger partial charge in [0.2, 0.25) is 5.95 Å². The fraction of sp³-hybridized carbons (Fsp3) is 0.636. The maximum atomic E-state index is 9.54. The number of nitrogens with one attached hydrogen (secondary N) is 1. The molecule has 1 aromatic rings. The Balaban J connectivity index is 2.22. The van der Waals surface area contributed by atoms with E-state index < -0.39 is 12.2 Å². The first kappa shape index (κ1) is 12.1. The van der Waals surface area contributed by atoms with Crippen molar-refractivity contribution in [2.75, 3.05) is 29.9 Å². The molecule has 0 aliphatic carbocycles. The number of aryl methyl sites for hydroxylation is 1. The van der Waals surface area contributed by atoms with Gasteiger partial charge in [0.15, 0.2) is 0 Å². The molecule has 94 valence electrons. The normalized spacial score (nSPS) is 24.1. The van der Waals surface area contributed by atoms with Crippen LogP contribution in [0.15, 0.2) is 6.20 Å². The van der Waals surface area contributed by atoms with Crippen molar-refractivity contribution in [2.45, 2.75) is 26.1 Å².